The van der Waals surface area contributed by atoms with E-state index in [-0.39, 0.29) is 17.4 Å². The lowest BCUT2D eigenvalue weighted by molar-refractivity contribution is -0.117. The van der Waals surface area contributed by atoms with Crippen molar-refractivity contribution in [1.82, 2.24) is 29.7 Å². The number of aromatic nitrogens is 6. The summed E-state index contributed by atoms with van der Waals surface area (Å²) in [6.45, 7) is 8.32. The van der Waals surface area contributed by atoms with Crippen molar-refractivity contribution in [3.63, 3.8) is 0 Å². The first-order chi connectivity index (χ1) is 16.4. The molecule has 4 heterocycles. The summed E-state index contributed by atoms with van der Waals surface area (Å²) >= 11 is 0. The lowest BCUT2D eigenvalue weighted by atomic mass is 9.92. The number of anilines is 2. The molecule has 5 rings (SSSR count). The van der Waals surface area contributed by atoms with Crippen molar-refractivity contribution in [1.29, 1.82) is 0 Å². The van der Waals surface area contributed by atoms with E-state index in [0.29, 0.717) is 24.0 Å². The summed E-state index contributed by atoms with van der Waals surface area (Å²) in [6.07, 6.45) is 13.0. The Bertz CT molecular complexity index is 1190. The standard InChI is InChI=1S/C25H32N8O/c1-5-19-24-31-28-15-32(24)20-14-27-22(30-23(20)33(19)16-8-6-7-9-16)17-10-11-26-13-18(17)29-21(34)12-25(2,3)4/h10-11,13-16,19H,5-9,12H2,1-4H3,(H,29,34). The Morgan fingerprint density at radius 1 is 1.21 bits per heavy atom. The maximum Gasteiger partial charge on any atom is 0.224 e. The summed E-state index contributed by atoms with van der Waals surface area (Å²) < 4.78 is 2.01. The number of carbonyl (C=O) groups excluding carboxylic acids is 1. The van der Waals surface area contributed by atoms with Crippen LogP contribution in [0.3, 0.4) is 0 Å². The molecule has 178 valence electrons. The Labute approximate surface area is 200 Å². The van der Waals surface area contributed by atoms with Gasteiger partial charge in [-0.05, 0) is 30.7 Å². The molecule has 2 aliphatic rings. The van der Waals surface area contributed by atoms with E-state index < -0.39 is 0 Å². The molecule has 1 fully saturated rings. The number of nitrogens with one attached hydrogen (secondary N) is 1. The highest BCUT2D eigenvalue weighted by molar-refractivity contribution is 5.94. The summed E-state index contributed by atoms with van der Waals surface area (Å²) in [6, 6.07) is 2.39. The predicted molar refractivity (Wildman–Crippen MR) is 131 cm³/mol. The summed E-state index contributed by atoms with van der Waals surface area (Å²) in [4.78, 5) is 29.1. The molecule has 0 saturated heterocycles. The average molecular weight is 461 g/mol. The number of carbonyl (C=O) groups is 1. The normalized spacial score (nSPS) is 18.0. The van der Waals surface area contributed by atoms with Gasteiger partial charge in [0.2, 0.25) is 5.91 Å². The molecule has 1 saturated carbocycles. The minimum Gasteiger partial charge on any atom is -0.342 e. The van der Waals surface area contributed by atoms with Gasteiger partial charge in [-0.25, -0.2) is 9.97 Å². The molecular weight excluding hydrogens is 428 g/mol. The molecule has 1 aliphatic heterocycles. The molecule has 9 nitrogen and oxygen atoms in total. The fourth-order valence-electron chi connectivity index (χ4n) is 5.14. The topological polar surface area (TPSA) is 102 Å². The first kappa shape index (κ1) is 22.4. The van der Waals surface area contributed by atoms with Crippen molar-refractivity contribution < 1.29 is 4.79 Å². The van der Waals surface area contributed by atoms with Gasteiger partial charge >= 0.3 is 0 Å². The highest BCUT2D eigenvalue weighted by Gasteiger charge is 2.38. The quantitative estimate of drug-likeness (QED) is 0.588. The van der Waals surface area contributed by atoms with Gasteiger partial charge in [-0.1, -0.05) is 40.5 Å². The lowest BCUT2D eigenvalue weighted by Crippen LogP contribution is -2.42. The molecule has 1 atom stereocenters. The highest BCUT2D eigenvalue weighted by atomic mass is 16.1. The van der Waals surface area contributed by atoms with Gasteiger partial charge in [0.05, 0.1) is 24.1 Å². The molecule has 3 aromatic heterocycles. The van der Waals surface area contributed by atoms with Gasteiger partial charge in [0, 0.05) is 24.2 Å². The van der Waals surface area contributed by atoms with Crippen LogP contribution in [-0.4, -0.2) is 41.7 Å². The van der Waals surface area contributed by atoms with E-state index in [1.165, 1.54) is 12.8 Å². The zero-order valence-corrected chi connectivity index (χ0v) is 20.3. The second-order valence-electron chi connectivity index (χ2n) is 10.4. The van der Waals surface area contributed by atoms with Gasteiger partial charge in [0.25, 0.3) is 0 Å². The highest BCUT2D eigenvalue weighted by Crippen LogP contribution is 2.43. The third-order valence-electron chi connectivity index (χ3n) is 6.59. The Kier molecular flexibility index (Phi) is 5.79. The van der Waals surface area contributed by atoms with E-state index in [1.807, 2.05) is 37.6 Å². The Morgan fingerprint density at radius 3 is 2.74 bits per heavy atom. The van der Waals surface area contributed by atoms with Crippen molar-refractivity contribution in [3.8, 4) is 17.1 Å². The minimum atomic E-state index is -0.109. The first-order valence-corrected chi connectivity index (χ1v) is 12.2. The SMILES string of the molecule is CCC1c2nncn2-c2cnc(-c3ccncc3NC(=O)CC(C)(C)C)nc2N1C1CCCC1. The van der Waals surface area contributed by atoms with Crippen molar-refractivity contribution in [2.75, 3.05) is 10.2 Å². The average Bonchev–Trinajstić information content (AvgIpc) is 3.49. The maximum absolute atomic E-state index is 12.7. The monoisotopic (exact) mass is 460 g/mol. The molecule has 0 radical (unpaired) electrons. The van der Waals surface area contributed by atoms with E-state index >= 15 is 0 Å². The van der Waals surface area contributed by atoms with Crippen molar-refractivity contribution in [3.05, 3.63) is 36.8 Å². The molecule has 1 unspecified atom stereocenters. The fraction of sp³-hybridized carbons (Fsp3) is 0.520. The number of pyridine rings is 1. The molecule has 9 heteroatoms. The summed E-state index contributed by atoms with van der Waals surface area (Å²) in [5.41, 5.74) is 2.17. The molecule has 0 bridgehead atoms. The van der Waals surface area contributed by atoms with Crippen LogP contribution >= 0.6 is 0 Å². The van der Waals surface area contributed by atoms with Crippen molar-refractivity contribution >= 4 is 17.4 Å². The van der Waals surface area contributed by atoms with Crippen LogP contribution in [0.1, 0.15) is 78.1 Å². The van der Waals surface area contributed by atoms with E-state index in [1.54, 1.807) is 18.7 Å². The molecule has 0 spiro atoms. The van der Waals surface area contributed by atoms with Gasteiger partial charge < -0.3 is 10.2 Å². The zero-order chi connectivity index (χ0) is 23.9. The van der Waals surface area contributed by atoms with Gasteiger partial charge in [0.1, 0.15) is 12.0 Å². The van der Waals surface area contributed by atoms with Crippen molar-refractivity contribution in [2.24, 2.45) is 5.41 Å². The largest absolute Gasteiger partial charge is 0.342 e. The van der Waals surface area contributed by atoms with Gasteiger partial charge in [0.15, 0.2) is 17.5 Å². The minimum absolute atomic E-state index is 0.0486. The summed E-state index contributed by atoms with van der Waals surface area (Å²) in [5.74, 6) is 2.37. The van der Waals surface area contributed by atoms with E-state index in [0.717, 1.165) is 42.2 Å². The number of nitrogens with zero attached hydrogens (tertiary/aromatic N) is 7. The zero-order valence-electron chi connectivity index (χ0n) is 20.3. The predicted octanol–water partition coefficient (Wildman–Crippen LogP) is 4.71. The van der Waals surface area contributed by atoms with Crippen LogP contribution in [-0.2, 0) is 4.79 Å². The smallest absolute Gasteiger partial charge is 0.224 e. The molecule has 1 amide bonds. The molecule has 0 aromatic carbocycles. The van der Waals surface area contributed by atoms with Crippen LogP contribution < -0.4 is 10.2 Å². The second kappa shape index (κ2) is 8.77. The Morgan fingerprint density at radius 2 is 2.00 bits per heavy atom. The number of hydrogen-bond donors (Lipinski definition) is 1. The molecular formula is C25H32N8O. The van der Waals surface area contributed by atoms with Crippen LogP contribution in [0.15, 0.2) is 31.0 Å². The van der Waals surface area contributed by atoms with Crippen molar-refractivity contribution in [2.45, 2.75) is 78.3 Å². The number of amides is 1. The molecule has 1 N–H and O–H groups in total. The molecule has 1 aliphatic carbocycles. The second-order valence-corrected chi connectivity index (χ2v) is 10.4. The first-order valence-electron chi connectivity index (χ1n) is 12.2. The van der Waals surface area contributed by atoms with Crippen LogP contribution in [0.25, 0.3) is 17.1 Å². The number of fused-ring (bicyclic) bond motifs is 3. The third-order valence-corrected chi connectivity index (χ3v) is 6.59. The van der Waals surface area contributed by atoms with Crippen LogP contribution in [0.4, 0.5) is 11.5 Å². The number of hydrogen-bond acceptors (Lipinski definition) is 7. The van der Waals surface area contributed by atoms with Gasteiger partial charge in [-0.2, -0.15) is 0 Å². The van der Waals surface area contributed by atoms with E-state index in [2.05, 4.69) is 32.3 Å². The lowest BCUT2D eigenvalue weighted by Gasteiger charge is -2.40. The molecule has 3 aromatic rings. The van der Waals surface area contributed by atoms with E-state index in [4.69, 9.17) is 9.97 Å². The van der Waals surface area contributed by atoms with Gasteiger partial charge in [-0.3, -0.25) is 14.3 Å². The van der Waals surface area contributed by atoms with Crippen LogP contribution in [0, 0.1) is 5.41 Å². The number of rotatable bonds is 5. The third kappa shape index (κ3) is 4.15. The fourth-order valence-corrected chi connectivity index (χ4v) is 5.14. The summed E-state index contributed by atoms with van der Waals surface area (Å²) in [5, 5.41) is 11.7. The van der Waals surface area contributed by atoms with Gasteiger partial charge in [-0.15, -0.1) is 10.2 Å². The van der Waals surface area contributed by atoms with E-state index in [9.17, 15) is 4.79 Å². The van der Waals surface area contributed by atoms with Crippen LogP contribution in [0.5, 0.6) is 0 Å². The maximum atomic E-state index is 12.7. The summed E-state index contributed by atoms with van der Waals surface area (Å²) in [7, 11) is 0. The Balaban J connectivity index is 1.57. The Hall–Kier alpha value is -3.36. The van der Waals surface area contributed by atoms with Crippen LogP contribution in [0.2, 0.25) is 0 Å². The molecule has 34 heavy (non-hydrogen) atoms.